The van der Waals surface area contributed by atoms with Crippen molar-refractivity contribution in [2.45, 2.75) is 19.9 Å². The van der Waals surface area contributed by atoms with Crippen LogP contribution in [0.4, 0.5) is 0 Å². The van der Waals surface area contributed by atoms with Gasteiger partial charge >= 0.3 is 0 Å². The lowest BCUT2D eigenvalue weighted by Crippen LogP contribution is -2.25. The lowest BCUT2D eigenvalue weighted by Gasteiger charge is -2.09. The molecule has 0 unspecified atom stereocenters. The van der Waals surface area contributed by atoms with Crippen LogP contribution in [-0.4, -0.2) is 21.9 Å². The molecule has 0 aliphatic rings. The van der Waals surface area contributed by atoms with E-state index in [0.29, 0.717) is 11.8 Å². The zero-order valence-corrected chi connectivity index (χ0v) is 12.3. The zero-order valence-electron chi connectivity index (χ0n) is 9.80. The second-order valence-electron chi connectivity index (χ2n) is 3.72. The van der Waals surface area contributed by atoms with Gasteiger partial charge in [-0.25, -0.2) is 0 Å². The normalized spacial score (nSPS) is 10.3. The van der Waals surface area contributed by atoms with Crippen molar-refractivity contribution in [2.24, 2.45) is 0 Å². The quantitative estimate of drug-likeness (QED) is 0.508. The Labute approximate surface area is 115 Å². The number of ketones is 1. The predicted octanol–water partition coefficient (Wildman–Crippen LogP) is 3.53. The van der Waals surface area contributed by atoms with Gasteiger partial charge in [-0.1, -0.05) is 53.3 Å². The minimum absolute atomic E-state index is 0.135. The van der Waals surface area contributed by atoms with Crippen LogP contribution in [0, 0.1) is 0 Å². The van der Waals surface area contributed by atoms with E-state index < -0.39 is 0 Å². The predicted molar refractivity (Wildman–Crippen MR) is 81.7 cm³/mol. The van der Waals surface area contributed by atoms with Crippen LogP contribution in [0.15, 0.2) is 30.3 Å². The SMILES string of the molecule is CC(C)NC(=S)SSCC(=O)c1ccccc1. The molecule has 1 rings (SSSR count). The number of hydrogen-bond donors (Lipinski definition) is 1. The Hall–Kier alpha value is -0.520. The van der Waals surface area contributed by atoms with E-state index in [9.17, 15) is 4.79 Å². The summed E-state index contributed by atoms with van der Waals surface area (Å²) in [5.41, 5.74) is 0.753. The second kappa shape index (κ2) is 7.74. The summed E-state index contributed by atoms with van der Waals surface area (Å²) in [6.07, 6.45) is 0. The molecule has 0 aliphatic carbocycles. The third-order valence-corrected chi connectivity index (χ3v) is 4.49. The third-order valence-electron chi connectivity index (χ3n) is 1.83. The maximum atomic E-state index is 11.8. The lowest BCUT2D eigenvalue weighted by atomic mass is 10.2. The molecule has 0 saturated carbocycles. The zero-order chi connectivity index (χ0) is 12.7. The second-order valence-corrected chi connectivity index (χ2v) is 6.69. The fraction of sp³-hybridized carbons (Fsp3) is 0.333. The number of nitrogens with one attached hydrogen (secondary N) is 1. The van der Waals surface area contributed by atoms with E-state index in [1.807, 2.05) is 44.2 Å². The molecule has 17 heavy (non-hydrogen) atoms. The van der Waals surface area contributed by atoms with Crippen molar-refractivity contribution in [3.8, 4) is 0 Å². The molecule has 0 atom stereocenters. The molecular weight excluding hydrogens is 270 g/mol. The van der Waals surface area contributed by atoms with Crippen LogP contribution >= 0.6 is 33.8 Å². The van der Waals surface area contributed by atoms with E-state index in [2.05, 4.69) is 5.32 Å². The number of thiocarbonyl (C=S) groups is 1. The highest BCUT2D eigenvalue weighted by Crippen LogP contribution is 2.23. The number of hydrogen-bond acceptors (Lipinski definition) is 4. The van der Waals surface area contributed by atoms with Crippen molar-refractivity contribution in [3.05, 3.63) is 35.9 Å². The maximum Gasteiger partial charge on any atom is 0.173 e. The Morgan fingerprint density at radius 3 is 2.59 bits per heavy atom. The standard InChI is InChI=1S/C12H15NOS3/c1-9(2)13-12(15)17-16-8-11(14)10-6-4-3-5-7-10/h3-7,9H,8H2,1-2H3,(H,13,15). The van der Waals surface area contributed by atoms with Crippen LogP contribution in [0.1, 0.15) is 24.2 Å². The van der Waals surface area contributed by atoms with E-state index in [1.165, 1.54) is 21.6 Å². The van der Waals surface area contributed by atoms with Crippen molar-refractivity contribution in [1.82, 2.24) is 5.32 Å². The molecule has 1 aromatic rings. The number of carbonyl (C=O) groups excluding carboxylic acids is 1. The number of Topliss-reactive ketones (excluding diaryl/α,β-unsaturated/α-hetero) is 1. The molecule has 1 N–H and O–H groups in total. The summed E-state index contributed by atoms with van der Waals surface area (Å²) < 4.78 is 0.728. The van der Waals surface area contributed by atoms with Crippen molar-refractivity contribution in [1.29, 1.82) is 0 Å². The molecule has 0 aromatic heterocycles. The summed E-state index contributed by atoms with van der Waals surface area (Å²) >= 11 is 5.12. The molecule has 0 amide bonds. The van der Waals surface area contributed by atoms with Gasteiger partial charge in [0.1, 0.15) is 4.32 Å². The van der Waals surface area contributed by atoms with Crippen molar-refractivity contribution in [3.63, 3.8) is 0 Å². The Balaban J connectivity index is 2.28. The molecule has 0 bridgehead atoms. The molecule has 0 heterocycles. The summed E-state index contributed by atoms with van der Waals surface area (Å²) in [7, 11) is 2.91. The first-order valence-electron chi connectivity index (χ1n) is 5.28. The largest absolute Gasteiger partial charge is 0.368 e. The smallest absolute Gasteiger partial charge is 0.173 e. The van der Waals surface area contributed by atoms with Crippen LogP contribution < -0.4 is 5.32 Å². The summed E-state index contributed by atoms with van der Waals surface area (Å²) in [6, 6.07) is 9.64. The van der Waals surface area contributed by atoms with Gasteiger partial charge in [-0.3, -0.25) is 4.79 Å². The van der Waals surface area contributed by atoms with Crippen LogP contribution in [0.5, 0.6) is 0 Å². The number of rotatable bonds is 5. The van der Waals surface area contributed by atoms with Crippen LogP contribution in [0.2, 0.25) is 0 Å². The average Bonchev–Trinajstić information content (AvgIpc) is 2.29. The Morgan fingerprint density at radius 1 is 1.35 bits per heavy atom. The molecular formula is C12H15NOS3. The van der Waals surface area contributed by atoms with E-state index >= 15 is 0 Å². The average molecular weight is 285 g/mol. The van der Waals surface area contributed by atoms with Crippen LogP contribution in [-0.2, 0) is 0 Å². The summed E-state index contributed by atoms with van der Waals surface area (Å²) in [5.74, 6) is 0.574. The maximum absolute atomic E-state index is 11.8. The molecule has 2 nitrogen and oxygen atoms in total. The van der Waals surface area contributed by atoms with Gasteiger partial charge in [0.15, 0.2) is 5.78 Å². The van der Waals surface area contributed by atoms with Crippen molar-refractivity contribution < 1.29 is 4.79 Å². The van der Waals surface area contributed by atoms with Gasteiger partial charge in [-0.15, -0.1) is 0 Å². The summed E-state index contributed by atoms with van der Waals surface area (Å²) in [6.45, 7) is 4.07. The van der Waals surface area contributed by atoms with Gasteiger partial charge in [0.2, 0.25) is 0 Å². The van der Waals surface area contributed by atoms with Crippen molar-refractivity contribution in [2.75, 3.05) is 5.75 Å². The molecule has 0 radical (unpaired) electrons. The molecule has 1 aromatic carbocycles. The van der Waals surface area contributed by atoms with Crippen LogP contribution in [0.3, 0.4) is 0 Å². The minimum atomic E-state index is 0.135. The third kappa shape index (κ3) is 6.10. The van der Waals surface area contributed by atoms with Gasteiger partial charge in [0.25, 0.3) is 0 Å². The topological polar surface area (TPSA) is 29.1 Å². The van der Waals surface area contributed by atoms with Crippen molar-refractivity contribution >= 4 is 43.9 Å². The monoisotopic (exact) mass is 285 g/mol. The van der Waals surface area contributed by atoms with Crippen LogP contribution in [0.25, 0.3) is 0 Å². The molecule has 92 valence electrons. The minimum Gasteiger partial charge on any atom is -0.368 e. The summed E-state index contributed by atoms with van der Waals surface area (Å²) in [4.78, 5) is 11.8. The van der Waals surface area contributed by atoms with E-state index in [4.69, 9.17) is 12.2 Å². The fourth-order valence-electron chi connectivity index (χ4n) is 1.10. The highest BCUT2D eigenvalue weighted by atomic mass is 33.1. The highest BCUT2D eigenvalue weighted by Gasteiger charge is 2.07. The van der Waals surface area contributed by atoms with Gasteiger partial charge in [0.05, 0.1) is 5.75 Å². The molecule has 5 heteroatoms. The molecule has 0 aliphatic heterocycles. The number of carbonyl (C=O) groups is 1. The first-order chi connectivity index (χ1) is 8.09. The summed E-state index contributed by atoms with van der Waals surface area (Å²) in [5, 5.41) is 3.12. The van der Waals surface area contributed by atoms with E-state index in [1.54, 1.807) is 0 Å². The van der Waals surface area contributed by atoms with E-state index in [-0.39, 0.29) is 5.78 Å². The van der Waals surface area contributed by atoms with E-state index in [0.717, 1.165) is 9.88 Å². The lowest BCUT2D eigenvalue weighted by molar-refractivity contribution is 0.102. The molecule has 0 saturated heterocycles. The first kappa shape index (κ1) is 14.5. The Bertz CT molecular complexity index is 379. The molecule has 0 spiro atoms. The van der Waals surface area contributed by atoms with Gasteiger partial charge in [0, 0.05) is 11.6 Å². The van der Waals surface area contributed by atoms with Gasteiger partial charge < -0.3 is 5.32 Å². The van der Waals surface area contributed by atoms with Gasteiger partial charge in [-0.2, -0.15) is 0 Å². The Morgan fingerprint density at radius 2 is 2.00 bits per heavy atom. The Kier molecular flexibility index (Phi) is 6.62. The molecule has 0 fully saturated rings. The fourth-order valence-corrected chi connectivity index (χ4v) is 3.46. The highest BCUT2D eigenvalue weighted by molar-refractivity contribution is 8.83. The number of benzene rings is 1. The first-order valence-corrected chi connectivity index (χ1v) is 8.00. The van der Waals surface area contributed by atoms with Gasteiger partial charge in [-0.05, 0) is 24.6 Å².